The molecule has 2 N–H and O–H groups in total. The quantitative estimate of drug-likeness (QED) is 0.676. The fourth-order valence-corrected chi connectivity index (χ4v) is 2.80. The van der Waals surface area contributed by atoms with Gasteiger partial charge in [-0.2, -0.15) is 0 Å². The van der Waals surface area contributed by atoms with E-state index in [1.807, 2.05) is 61.5 Å². The van der Waals surface area contributed by atoms with Crippen molar-refractivity contribution >= 4 is 28.9 Å². The third-order valence-electron chi connectivity index (χ3n) is 4.33. The van der Waals surface area contributed by atoms with Crippen molar-refractivity contribution in [2.45, 2.75) is 6.92 Å². The molecule has 2 amide bonds. The highest BCUT2D eigenvalue weighted by atomic mass is 16.2. The average Bonchev–Trinajstić information content (AvgIpc) is 2.72. The van der Waals surface area contributed by atoms with Crippen molar-refractivity contribution in [3.05, 3.63) is 90.0 Å². The fourth-order valence-electron chi connectivity index (χ4n) is 2.80. The molecule has 0 heterocycles. The van der Waals surface area contributed by atoms with Crippen molar-refractivity contribution in [2.75, 3.05) is 29.1 Å². The zero-order chi connectivity index (χ0) is 19.9. The summed E-state index contributed by atoms with van der Waals surface area (Å²) in [6.07, 6.45) is 0. The summed E-state index contributed by atoms with van der Waals surface area (Å²) in [5.74, 6) is -0.257. The Morgan fingerprint density at radius 3 is 2.25 bits per heavy atom. The van der Waals surface area contributed by atoms with Gasteiger partial charge in [0.05, 0.1) is 6.54 Å². The lowest BCUT2D eigenvalue weighted by Gasteiger charge is -2.17. The van der Waals surface area contributed by atoms with Gasteiger partial charge in [-0.3, -0.25) is 9.59 Å². The van der Waals surface area contributed by atoms with E-state index in [2.05, 4.69) is 10.6 Å². The molecule has 3 rings (SSSR count). The second-order valence-corrected chi connectivity index (χ2v) is 6.55. The van der Waals surface area contributed by atoms with Crippen molar-refractivity contribution in [3.8, 4) is 0 Å². The molecule has 3 aromatic rings. The zero-order valence-corrected chi connectivity index (χ0v) is 16.0. The summed E-state index contributed by atoms with van der Waals surface area (Å²) in [6.45, 7) is 2.17. The van der Waals surface area contributed by atoms with Gasteiger partial charge in [0.1, 0.15) is 0 Å². The number of aryl methyl sites for hydroxylation is 1. The number of rotatable bonds is 6. The molecular formula is C23H23N3O2. The Labute approximate surface area is 165 Å². The third kappa shape index (κ3) is 4.98. The van der Waals surface area contributed by atoms with Crippen LogP contribution in [0.2, 0.25) is 0 Å². The maximum absolute atomic E-state index is 12.6. The first-order valence-corrected chi connectivity index (χ1v) is 9.06. The van der Waals surface area contributed by atoms with Crippen molar-refractivity contribution in [3.63, 3.8) is 0 Å². The number of para-hydroxylation sites is 1. The largest absolute Gasteiger partial charge is 0.376 e. The molecular weight excluding hydrogens is 350 g/mol. The van der Waals surface area contributed by atoms with Gasteiger partial charge in [0, 0.05) is 29.7 Å². The highest BCUT2D eigenvalue weighted by Gasteiger charge is 2.13. The Kier molecular flexibility index (Phi) is 6.07. The lowest BCUT2D eigenvalue weighted by molar-refractivity contribution is -0.114. The van der Waals surface area contributed by atoms with E-state index in [4.69, 9.17) is 0 Å². The molecule has 0 fully saturated rings. The van der Waals surface area contributed by atoms with Gasteiger partial charge in [0.25, 0.3) is 5.91 Å². The van der Waals surface area contributed by atoms with E-state index in [1.54, 1.807) is 36.2 Å². The van der Waals surface area contributed by atoms with Gasteiger partial charge >= 0.3 is 0 Å². The number of carbonyl (C=O) groups is 2. The molecule has 0 aliphatic rings. The predicted molar refractivity (Wildman–Crippen MR) is 114 cm³/mol. The lowest BCUT2D eigenvalue weighted by atomic mass is 10.1. The Morgan fingerprint density at radius 2 is 1.57 bits per heavy atom. The van der Waals surface area contributed by atoms with E-state index in [-0.39, 0.29) is 18.4 Å². The topological polar surface area (TPSA) is 61.4 Å². The molecule has 3 aromatic carbocycles. The predicted octanol–water partition coefficient (Wildman–Crippen LogP) is 4.32. The summed E-state index contributed by atoms with van der Waals surface area (Å²) < 4.78 is 0. The minimum Gasteiger partial charge on any atom is -0.376 e. The monoisotopic (exact) mass is 373 g/mol. The van der Waals surface area contributed by atoms with Crippen LogP contribution in [-0.2, 0) is 4.79 Å². The standard InChI is InChI=1S/C23H23N3O2/c1-17-7-6-8-20(15-17)24-16-22(27)25-19-13-11-18(12-14-19)23(28)26(2)21-9-4-3-5-10-21/h3-15,24H,16H2,1-2H3,(H,25,27). The number of hydrogen-bond donors (Lipinski definition) is 2. The van der Waals surface area contributed by atoms with Crippen LogP contribution in [0.5, 0.6) is 0 Å². The van der Waals surface area contributed by atoms with Crippen LogP contribution in [0.15, 0.2) is 78.9 Å². The van der Waals surface area contributed by atoms with Crippen LogP contribution in [0.3, 0.4) is 0 Å². The van der Waals surface area contributed by atoms with Gasteiger partial charge < -0.3 is 15.5 Å². The fraction of sp³-hybridized carbons (Fsp3) is 0.130. The smallest absolute Gasteiger partial charge is 0.258 e. The molecule has 0 aliphatic carbocycles. The SMILES string of the molecule is Cc1cccc(NCC(=O)Nc2ccc(C(=O)N(C)c3ccccc3)cc2)c1. The van der Waals surface area contributed by atoms with Crippen molar-refractivity contribution in [1.82, 2.24) is 0 Å². The summed E-state index contributed by atoms with van der Waals surface area (Å²) in [5, 5.41) is 5.92. The number of anilines is 3. The minimum atomic E-state index is -0.151. The van der Waals surface area contributed by atoms with Crippen LogP contribution in [-0.4, -0.2) is 25.4 Å². The maximum Gasteiger partial charge on any atom is 0.258 e. The summed E-state index contributed by atoms with van der Waals surface area (Å²) in [4.78, 5) is 26.3. The second-order valence-electron chi connectivity index (χ2n) is 6.55. The maximum atomic E-state index is 12.6. The molecule has 0 saturated heterocycles. The molecule has 28 heavy (non-hydrogen) atoms. The Hall–Kier alpha value is -3.60. The molecule has 5 nitrogen and oxygen atoms in total. The average molecular weight is 373 g/mol. The number of amides is 2. The molecule has 5 heteroatoms. The summed E-state index contributed by atoms with van der Waals surface area (Å²) in [6, 6.07) is 24.2. The van der Waals surface area contributed by atoms with Gasteiger partial charge in [-0.1, -0.05) is 30.3 Å². The van der Waals surface area contributed by atoms with Crippen molar-refractivity contribution < 1.29 is 9.59 Å². The molecule has 0 radical (unpaired) electrons. The highest BCUT2D eigenvalue weighted by molar-refractivity contribution is 6.06. The van der Waals surface area contributed by atoms with Gasteiger partial charge in [-0.25, -0.2) is 0 Å². The molecule has 0 aromatic heterocycles. The molecule has 0 spiro atoms. The van der Waals surface area contributed by atoms with Gasteiger partial charge in [0.15, 0.2) is 0 Å². The van der Waals surface area contributed by atoms with E-state index in [1.165, 1.54) is 0 Å². The van der Waals surface area contributed by atoms with Crippen molar-refractivity contribution in [1.29, 1.82) is 0 Å². The van der Waals surface area contributed by atoms with E-state index in [9.17, 15) is 9.59 Å². The van der Waals surface area contributed by atoms with Crippen LogP contribution >= 0.6 is 0 Å². The third-order valence-corrected chi connectivity index (χ3v) is 4.33. The van der Waals surface area contributed by atoms with Crippen LogP contribution in [0.4, 0.5) is 17.1 Å². The van der Waals surface area contributed by atoms with Crippen LogP contribution in [0.25, 0.3) is 0 Å². The second kappa shape index (κ2) is 8.86. The Morgan fingerprint density at radius 1 is 0.857 bits per heavy atom. The normalized spacial score (nSPS) is 10.2. The van der Waals surface area contributed by atoms with E-state index < -0.39 is 0 Å². The van der Waals surface area contributed by atoms with Crippen molar-refractivity contribution in [2.24, 2.45) is 0 Å². The Balaban J connectivity index is 1.56. The molecule has 142 valence electrons. The molecule has 0 saturated carbocycles. The van der Waals surface area contributed by atoms with Crippen LogP contribution in [0.1, 0.15) is 15.9 Å². The highest BCUT2D eigenvalue weighted by Crippen LogP contribution is 2.17. The van der Waals surface area contributed by atoms with Gasteiger partial charge in [0.2, 0.25) is 5.91 Å². The molecule has 0 bridgehead atoms. The minimum absolute atomic E-state index is 0.106. The first-order valence-electron chi connectivity index (χ1n) is 9.06. The molecule has 0 unspecified atom stereocenters. The first-order chi connectivity index (χ1) is 13.5. The number of nitrogens with zero attached hydrogens (tertiary/aromatic N) is 1. The van der Waals surface area contributed by atoms with E-state index >= 15 is 0 Å². The number of carbonyl (C=O) groups excluding carboxylic acids is 2. The zero-order valence-electron chi connectivity index (χ0n) is 16.0. The van der Waals surface area contributed by atoms with Gasteiger partial charge in [-0.15, -0.1) is 0 Å². The Bertz CT molecular complexity index is 953. The first kappa shape index (κ1) is 19.2. The molecule has 0 atom stereocenters. The van der Waals surface area contributed by atoms with E-state index in [0.29, 0.717) is 11.3 Å². The van der Waals surface area contributed by atoms with Crippen LogP contribution in [0, 0.1) is 6.92 Å². The summed E-state index contributed by atoms with van der Waals surface area (Å²) in [7, 11) is 1.74. The number of hydrogen-bond acceptors (Lipinski definition) is 3. The van der Waals surface area contributed by atoms with Crippen LogP contribution < -0.4 is 15.5 Å². The summed E-state index contributed by atoms with van der Waals surface area (Å²) in [5.41, 5.74) is 4.07. The van der Waals surface area contributed by atoms with E-state index in [0.717, 1.165) is 16.9 Å². The summed E-state index contributed by atoms with van der Waals surface area (Å²) >= 11 is 0. The lowest BCUT2D eigenvalue weighted by Crippen LogP contribution is -2.26. The number of nitrogens with one attached hydrogen (secondary N) is 2. The number of benzene rings is 3. The van der Waals surface area contributed by atoms with Gasteiger partial charge in [-0.05, 0) is 61.0 Å². The molecule has 0 aliphatic heterocycles.